The fraction of sp³-hybridized carbons (Fsp3) is 0.100. The Labute approximate surface area is 80.5 Å². The van der Waals surface area contributed by atoms with Crippen LogP contribution in [0.2, 0.25) is 5.02 Å². The number of furan rings is 1. The number of para-hydroxylation sites is 1. The van der Waals surface area contributed by atoms with Crippen LogP contribution in [-0.2, 0) is 6.54 Å². The Bertz CT molecular complexity index is 481. The molecule has 0 aliphatic heterocycles. The van der Waals surface area contributed by atoms with Crippen LogP contribution in [-0.4, -0.2) is 0 Å². The third-order valence-electron chi connectivity index (χ3n) is 1.78. The summed E-state index contributed by atoms with van der Waals surface area (Å²) < 4.78 is 5.39. The maximum absolute atomic E-state index is 6.70. The van der Waals surface area contributed by atoms with Gasteiger partial charge in [-0.1, -0.05) is 23.7 Å². The van der Waals surface area contributed by atoms with Crippen molar-refractivity contribution in [3.8, 4) is 0 Å². The van der Waals surface area contributed by atoms with Gasteiger partial charge in [0.15, 0.2) is 11.3 Å². The van der Waals surface area contributed by atoms with Gasteiger partial charge in [-0.3, -0.25) is 0 Å². The van der Waals surface area contributed by atoms with Crippen LogP contribution < -0.4 is 0 Å². The van der Waals surface area contributed by atoms with Gasteiger partial charge in [0.1, 0.15) is 0 Å². The number of fused-ring (bicyclic) bond motifs is 1. The second-order valence-electron chi connectivity index (χ2n) is 2.69. The first kappa shape index (κ1) is 8.15. The van der Waals surface area contributed by atoms with E-state index in [1.165, 1.54) is 0 Å². The average Bonchev–Trinajstić information content (AvgIpc) is 2.49. The highest BCUT2D eigenvalue weighted by Gasteiger charge is 2.07. The minimum absolute atomic E-state index is 0.269. The zero-order valence-corrected chi connectivity index (χ0v) is 7.51. The molecule has 2 aromatic rings. The van der Waals surface area contributed by atoms with Crippen LogP contribution in [0.25, 0.3) is 15.8 Å². The van der Waals surface area contributed by atoms with Gasteiger partial charge in [-0.15, -0.1) is 0 Å². The highest BCUT2D eigenvalue weighted by molar-refractivity contribution is 6.34. The molecule has 1 aromatic carbocycles. The molecule has 0 saturated heterocycles. The Kier molecular flexibility index (Phi) is 1.96. The molecule has 0 fully saturated rings. The first-order chi connectivity index (χ1) is 6.31. The topological polar surface area (TPSA) is 17.5 Å². The van der Waals surface area contributed by atoms with Crippen molar-refractivity contribution >= 4 is 22.6 Å². The molecular weight excluding hydrogens is 186 g/mol. The number of benzene rings is 1. The summed E-state index contributed by atoms with van der Waals surface area (Å²) in [5, 5.41) is 1.54. The minimum atomic E-state index is 0.269. The van der Waals surface area contributed by atoms with Gasteiger partial charge in [0.25, 0.3) is 6.54 Å². The summed E-state index contributed by atoms with van der Waals surface area (Å²) in [5.74, 6) is 0.665. The van der Waals surface area contributed by atoms with Crippen molar-refractivity contribution in [2.24, 2.45) is 0 Å². The Morgan fingerprint density at radius 1 is 1.46 bits per heavy atom. The molecule has 0 aliphatic rings. The molecule has 2 nitrogen and oxygen atoms in total. The summed E-state index contributed by atoms with van der Waals surface area (Å²) in [6.07, 6.45) is 0. The lowest BCUT2D eigenvalue weighted by atomic mass is 10.2. The molecule has 0 saturated carbocycles. The lowest BCUT2D eigenvalue weighted by molar-refractivity contribution is 0.565. The summed E-state index contributed by atoms with van der Waals surface area (Å²) in [7, 11) is 0. The molecule has 0 amide bonds. The molecule has 1 heterocycles. The summed E-state index contributed by atoms with van der Waals surface area (Å²) in [6.45, 7) is 6.97. The standard InChI is InChI=1S/C10H6ClNO/c1-12-6-8-5-7-3-2-4-9(11)10(7)13-8/h2-5H,6H2. The Hall–Kier alpha value is -1.46. The number of rotatable bonds is 1. The number of halogens is 1. The van der Waals surface area contributed by atoms with E-state index in [9.17, 15) is 0 Å². The van der Waals surface area contributed by atoms with E-state index in [1.807, 2.05) is 18.2 Å². The van der Waals surface area contributed by atoms with E-state index < -0.39 is 0 Å². The van der Waals surface area contributed by atoms with E-state index in [4.69, 9.17) is 22.6 Å². The molecule has 13 heavy (non-hydrogen) atoms. The predicted molar refractivity (Wildman–Crippen MR) is 51.5 cm³/mol. The quantitative estimate of drug-likeness (QED) is 0.631. The normalized spacial score (nSPS) is 10.2. The van der Waals surface area contributed by atoms with Gasteiger partial charge in [0, 0.05) is 5.39 Å². The van der Waals surface area contributed by atoms with Gasteiger partial charge >= 0.3 is 0 Å². The predicted octanol–water partition coefficient (Wildman–Crippen LogP) is 3.51. The highest BCUT2D eigenvalue weighted by atomic mass is 35.5. The van der Waals surface area contributed by atoms with Crippen LogP contribution in [0.5, 0.6) is 0 Å². The molecule has 0 N–H and O–H groups in total. The maximum atomic E-state index is 6.70. The zero-order valence-electron chi connectivity index (χ0n) is 6.75. The Morgan fingerprint density at radius 2 is 2.31 bits per heavy atom. The molecule has 0 spiro atoms. The smallest absolute Gasteiger partial charge is 0.271 e. The molecule has 64 valence electrons. The fourth-order valence-electron chi connectivity index (χ4n) is 1.24. The molecule has 1 aromatic heterocycles. The minimum Gasteiger partial charge on any atom is -0.452 e. The highest BCUT2D eigenvalue weighted by Crippen LogP contribution is 2.26. The van der Waals surface area contributed by atoms with Crippen LogP contribution in [0.15, 0.2) is 28.7 Å². The zero-order chi connectivity index (χ0) is 9.26. The number of nitrogens with zero attached hydrogens (tertiary/aromatic N) is 1. The summed E-state index contributed by atoms with van der Waals surface area (Å²) >= 11 is 5.90. The van der Waals surface area contributed by atoms with E-state index >= 15 is 0 Å². The van der Waals surface area contributed by atoms with Gasteiger partial charge < -0.3 is 9.26 Å². The number of hydrogen-bond donors (Lipinski definition) is 0. The Balaban J connectivity index is 2.63. The lowest BCUT2D eigenvalue weighted by Gasteiger charge is -1.88. The van der Waals surface area contributed by atoms with E-state index in [1.54, 1.807) is 6.07 Å². The van der Waals surface area contributed by atoms with Crippen molar-refractivity contribution in [2.45, 2.75) is 6.54 Å². The van der Waals surface area contributed by atoms with E-state index in [0.717, 1.165) is 5.39 Å². The maximum Gasteiger partial charge on any atom is 0.271 e. The molecule has 0 aliphatic carbocycles. The summed E-state index contributed by atoms with van der Waals surface area (Å²) in [4.78, 5) is 3.24. The van der Waals surface area contributed by atoms with Crippen LogP contribution >= 0.6 is 11.6 Å². The van der Waals surface area contributed by atoms with Crippen LogP contribution in [0.1, 0.15) is 5.76 Å². The van der Waals surface area contributed by atoms with Crippen LogP contribution in [0.4, 0.5) is 0 Å². The third kappa shape index (κ3) is 1.39. The molecule has 3 heteroatoms. The van der Waals surface area contributed by atoms with Crippen molar-refractivity contribution in [1.29, 1.82) is 0 Å². The van der Waals surface area contributed by atoms with Crippen molar-refractivity contribution in [3.63, 3.8) is 0 Å². The van der Waals surface area contributed by atoms with E-state index in [0.29, 0.717) is 16.4 Å². The van der Waals surface area contributed by atoms with Crippen molar-refractivity contribution in [1.82, 2.24) is 0 Å². The van der Waals surface area contributed by atoms with Crippen molar-refractivity contribution in [2.75, 3.05) is 0 Å². The third-order valence-corrected chi connectivity index (χ3v) is 2.08. The number of hydrogen-bond acceptors (Lipinski definition) is 1. The van der Waals surface area contributed by atoms with Gasteiger partial charge in [0.05, 0.1) is 5.02 Å². The monoisotopic (exact) mass is 191 g/mol. The van der Waals surface area contributed by atoms with Gasteiger partial charge in [-0.2, -0.15) is 0 Å². The van der Waals surface area contributed by atoms with E-state index in [-0.39, 0.29) is 6.54 Å². The van der Waals surface area contributed by atoms with Gasteiger partial charge in [-0.05, 0) is 12.1 Å². The fourth-order valence-corrected chi connectivity index (χ4v) is 1.46. The lowest BCUT2D eigenvalue weighted by Crippen LogP contribution is -1.67. The van der Waals surface area contributed by atoms with Crippen molar-refractivity contribution in [3.05, 3.63) is 46.5 Å². The van der Waals surface area contributed by atoms with Crippen LogP contribution in [0, 0.1) is 6.57 Å². The first-order valence-corrected chi connectivity index (χ1v) is 4.19. The molecule has 2 rings (SSSR count). The van der Waals surface area contributed by atoms with Gasteiger partial charge in [0.2, 0.25) is 0 Å². The van der Waals surface area contributed by atoms with Crippen molar-refractivity contribution < 1.29 is 4.42 Å². The molecule has 0 atom stereocenters. The largest absolute Gasteiger partial charge is 0.452 e. The molecule has 0 unspecified atom stereocenters. The van der Waals surface area contributed by atoms with Crippen LogP contribution in [0.3, 0.4) is 0 Å². The first-order valence-electron chi connectivity index (χ1n) is 3.81. The average molecular weight is 192 g/mol. The SMILES string of the molecule is [C-]#[N+]Cc1cc2cccc(Cl)c2o1. The molecule has 0 bridgehead atoms. The molecule has 0 radical (unpaired) electrons. The summed E-state index contributed by atoms with van der Waals surface area (Å²) in [5.41, 5.74) is 0.669. The van der Waals surface area contributed by atoms with Gasteiger partial charge in [-0.25, -0.2) is 6.57 Å². The molecular formula is C10H6ClNO. The second-order valence-corrected chi connectivity index (χ2v) is 3.09. The summed E-state index contributed by atoms with van der Waals surface area (Å²) in [6, 6.07) is 7.40. The van der Waals surface area contributed by atoms with E-state index in [2.05, 4.69) is 4.85 Å². The second kappa shape index (κ2) is 3.12. The Morgan fingerprint density at radius 3 is 3.00 bits per heavy atom.